The van der Waals surface area contributed by atoms with E-state index in [1.807, 2.05) is 24.3 Å². The van der Waals surface area contributed by atoms with Gasteiger partial charge in [0, 0.05) is 12.6 Å². The van der Waals surface area contributed by atoms with Crippen LogP contribution in [0.1, 0.15) is 18.2 Å². The Bertz CT molecular complexity index is 1440. The Kier molecular flexibility index (Phi) is 7.90. The fraction of sp³-hybridized carbons (Fsp3) is 0.333. The van der Waals surface area contributed by atoms with Crippen LogP contribution >= 0.6 is 23.5 Å². The number of nitrogens with zero attached hydrogens (tertiary/aromatic N) is 3. The van der Waals surface area contributed by atoms with Crippen LogP contribution in [0.15, 0.2) is 36.8 Å². The van der Waals surface area contributed by atoms with E-state index < -0.39 is 48.5 Å². The maximum Gasteiger partial charge on any atom is 0.490 e. The summed E-state index contributed by atoms with van der Waals surface area (Å²) in [5, 5.41) is 10.9. The van der Waals surface area contributed by atoms with Gasteiger partial charge in [0.2, 0.25) is 0 Å². The van der Waals surface area contributed by atoms with Gasteiger partial charge in [-0.25, -0.2) is 23.7 Å². The Morgan fingerprint density at radius 1 is 1.11 bits per heavy atom. The third-order valence-corrected chi connectivity index (χ3v) is 8.90. The molecule has 5 atom stereocenters. The fourth-order valence-corrected chi connectivity index (χ4v) is 6.65. The molecule has 0 bridgehead atoms. The van der Waals surface area contributed by atoms with Crippen LogP contribution in [0.5, 0.6) is 0 Å². The first-order valence-electron chi connectivity index (χ1n) is 10.3. The molecular weight excluding hydrogens is 557 g/mol. The molecule has 19 heteroatoms. The summed E-state index contributed by atoms with van der Waals surface area (Å²) < 4.78 is 53.4. The van der Waals surface area contributed by atoms with Gasteiger partial charge in [-0.05, 0) is 0 Å². The van der Waals surface area contributed by atoms with Crippen molar-refractivity contribution in [2.75, 3.05) is 12.3 Å². The number of aliphatic hydroxyl groups excluding tert-OH is 1. The van der Waals surface area contributed by atoms with E-state index in [4.69, 9.17) is 20.3 Å². The molecule has 0 amide bonds. The second kappa shape index (κ2) is 10.5. The van der Waals surface area contributed by atoms with E-state index in [0.717, 1.165) is 0 Å². The van der Waals surface area contributed by atoms with Crippen LogP contribution in [0.3, 0.4) is 0 Å². The van der Waals surface area contributed by atoms with Gasteiger partial charge in [0.25, 0.3) is 0 Å². The molecule has 2 unspecified atom stereocenters. The lowest BCUT2D eigenvalue weighted by Gasteiger charge is -2.19. The Morgan fingerprint density at radius 2 is 1.81 bits per heavy atom. The average Bonchev–Trinajstić information content (AvgIpc) is 3.47. The first kappa shape index (κ1) is 27.8. The predicted octanol–water partition coefficient (Wildman–Crippen LogP) is 1.10. The van der Waals surface area contributed by atoms with E-state index in [2.05, 4.69) is 35.0 Å². The molecule has 1 saturated heterocycles. The quantitative estimate of drug-likeness (QED) is 0.190. The molecule has 0 aromatic carbocycles. The molecule has 3 heterocycles. The van der Waals surface area contributed by atoms with Crippen molar-refractivity contribution in [1.29, 1.82) is 0 Å². The number of phosphoric acid groups is 3. The summed E-state index contributed by atoms with van der Waals surface area (Å²) in [7, 11) is -16.6. The summed E-state index contributed by atoms with van der Waals surface area (Å²) in [6, 6.07) is 0. The molecule has 2 aromatic rings. The van der Waals surface area contributed by atoms with Crippen LogP contribution in [-0.2, 0) is 31.6 Å². The van der Waals surface area contributed by atoms with Crippen molar-refractivity contribution in [3.63, 3.8) is 0 Å². The van der Waals surface area contributed by atoms with Gasteiger partial charge in [-0.1, -0.05) is 36.1 Å². The Balaban J connectivity index is 1.49. The molecular formula is C18H21N4O12P3. The molecule has 16 nitrogen and oxygen atoms in total. The summed E-state index contributed by atoms with van der Waals surface area (Å²) in [4.78, 5) is 44.3. The topological polar surface area (TPSA) is 246 Å². The number of fused-ring (bicyclic) bond motifs is 1. The summed E-state index contributed by atoms with van der Waals surface area (Å²) in [6.45, 7) is -0.801. The summed E-state index contributed by atoms with van der Waals surface area (Å²) in [5.74, 6) is 6.21. The maximum absolute atomic E-state index is 12.0. The van der Waals surface area contributed by atoms with Gasteiger partial charge in [-0.15, -0.1) is 0 Å². The van der Waals surface area contributed by atoms with Crippen molar-refractivity contribution in [2.24, 2.45) is 5.92 Å². The minimum Gasteiger partial charge on any atom is -0.390 e. The lowest BCUT2D eigenvalue weighted by Crippen LogP contribution is -2.26. The van der Waals surface area contributed by atoms with Crippen LogP contribution < -0.4 is 5.73 Å². The monoisotopic (exact) mass is 578 g/mol. The molecule has 2 aliphatic rings. The van der Waals surface area contributed by atoms with Crippen molar-refractivity contribution >= 4 is 40.3 Å². The standard InChI is InChI=1S/C18H21N4O12P3/c19-17-16-12(6-5-11-3-1-2-4-11)8-22(18(16)21-10-20-17)15-7-13(23)14(32-15)9-31-36(27,28)34-37(29,30)33-35(24,25)26/h1-4,8,10-11,13-15,23H,7,9H2,(H,27,28)(H,29,30)(H2,19,20,21)(H2,24,25,26)/t13-,14+,15+/m0/s1. The summed E-state index contributed by atoms with van der Waals surface area (Å²) in [6.07, 6.45) is 7.12. The van der Waals surface area contributed by atoms with Gasteiger partial charge in [-0.3, -0.25) is 4.52 Å². The van der Waals surface area contributed by atoms with Crippen LogP contribution in [0.25, 0.3) is 11.0 Å². The molecule has 7 N–H and O–H groups in total. The molecule has 1 aliphatic carbocycles. The van der Waals surface area contributed by atoms with Crippen molar-refractivity contribution in [1.82, 2.24) is 14.5 Å². The number of aromatic nitrogens is 3. The highest BCUT2D eigenvalue weighted by molar-refractivity contribution is 7.66. The SMILES string of the molecule is Nc1ncnc2c1c(C#CC1C=CC=C1)cn2[C@H]1C[C@H](O)[C@@H](COP(=O)(O)OP(=O)(O)OP(=O)(O)O)O1. The van der Waals surface area contributed by atoms with Gasteiger partial charge in [0.15, 0.2) is 0 Å². The van der Waals surface area contributed by atoms with Crippen LogP contribution in [0.2, 0.25) is 0 Å². The second-order valence-electron chi connectivity index (χ2n) is 7.79. The van der Waals surface area contributed by atoms with E-state index >= 15 is 0 Å². The number of ether oxygens (including phenoxy) is 1. The zero-order valence-corrected chi connectivity index (χ0v) is 21.2. The number of hydrogen-bond donors (Lipinski definition) is 6. The van der Waals surface area contributed by atoms with Crippen molar-refractivity contribution in [3.8, 4) is 11.8 Å². The smallest absolute Gasteiger partial charge is 0.390 e. The molecule has 200 valence electrons. The molecule has 4 rings (SSSR count). The Morgan fingerprint density at radius 3 is 2.49 bits per heavy atom. The summed E-state index contributed by atoms with van der Waals surface area (Å²) in [5.41, 5.74) is 6.92. The average molecular weight is 578 g/mol. The third kappa shape index (κ3) is 7.01. The number of nitrogen functional groups attached to an aromatic ring is 1. The van der Waals surface area contributed by atoms with Crippen LogP contribution in [0, 0.1) is 17.8 Å². The zero-order valence-electron chi connectivity index (χ0n) is 18.5. The van der Waals surface area contributed by atoms with E-state index in [-0.39, 0.29) is 18.2 Å². The van der Waals surface area contributed by atoms with E-state index in [9.17, 15) is 28.6 Å². The second-order valence-corrected chi connectivity index (χ2v) is 12.2. The number of hydrogen-bond acceptors (Lipinski definition) is 11. The molecule has 0 spiro atoms. The number of rotatable bonds is 8. The molecule has 37 heavy (non-hydrogen) atoms. The number of aliphatic hydroxyl groups is 1. The summed E-state index contributed by atoms with van der Waals surface area (Å²) >= 11 is 0. The first-order chi connectivity index (χ1) is 17.2. The molecule has 0 saturated carbocycles. The largest absolute Gasteiger partial charge is 0.490 e. The van der Waals surface area contributed by atoms with Gasteiger partial charge < -0.3 is 39.7 Å². The van der Waals surface area contributed by atoms with Gasteiger partial charge >= 0.3 is 23.5 Å². The minimum absolute atomic E-state index is 0.0148. The van der Waals surface area contributed by atoms with Crippen LogP contribution in [-0.4, -0.2) is 58.0 Å². The lowest BCUT2D eigenvalue weighted by atomic mass is 10.1. The van der Waals surface area contributed by atoms with Crippen LogP contribution in [0.4, 0.5) is 5.82 Å². The Hall–Kier alpha value is -2.21. The fourth-order valence-electron chi connectivity index (χ4n) is 3.62. The number of phosphoric ester groups is 1. The molecule has 0 radical (unpaired) electrons. The number of allylic oxidation sites excluding steroid dienone is 4. The van der Waals surface area contributed by atoms with Gasteiger partial charge in [-0.2, -0.15) is 8.62 Å². The maximum atomic E-state index is 12.0. The molecule has 1 aliphatic heterocycles. The minimum atomic E-state index is -5.67. The highest BCUT2D eigenvalue weighted by atomic mass is 31.3. The predicted molar refractivity (Wildman–Crippen MR) is 125 cm³/mol. The molecule has 2 aromatic heterocycles. The number of nitrogens with two attached hydrogens (primary N) is 1. The first-order valence-corrected chi connectivity index (χ1v) is 14.8. The van der Waals surface area contributed by atoms with Gasteiger partial charge in [0.05, 0.1) is 29.6 Å². The highest BCUT2D eigenvalue weighted by Gasteiger charge is 2.43. The highest BCUT2D eigenvalue weighted by Crippen LogP contribution is 2.66. The number of anilines is 1. The van der Waals surface area contributed by atoms with E-state index in [1.54, 1.807) is 10.8 Å². The van der Waals surface area contributed by atoms with Crippen molar-refractivity contribution < 1.29 is 56.3 Å². The van der Waals surface area contributed by atoms with Crippen molar-refractivity contribution in [3.05, 3.63) is 42.4 Å². The normalized spacial score (nSPS) is 25.2. The zero-order chi connectivity index (χ0) is 27.0. The molecule has 1 fully saturated rings. The van der Waals surface area contributed by atoms with Crippen molar-refractivity contribution in [2.45, 2.75) is 24.9 Å². The Labute approximate surface area is 208 Å². The van der Waals surface area contributed by atoms with Gasteiger partial charge in [0.1, 0.15) is 30.1 Å². The van der Waals surface area contributed by atoms with E-state index in [1.165, 1.54) is 6.33 Å². The lowest BCUT2D eigenvalue weighted by molar-refractivity contribution is -0.0421. The third-order valence-electron chi connectivity index (χ3n) is 5.09. The van der Waals surface area contributed by atoms with E-state index in [0.29, 0.717) is 16.6 Å².